The lowest BCUT2D eigenvalue weighted by atomic mass is 9.53. The molecule has 0 aromatic carbocycles. The van der Waals surface area contributed by atoms with Gasteiger partial charge in [-0.2, -0.15) is 0 Å². The van der Waals surface area contributed by atoms with Crippen LogP contribution in [0, 0.1) is 29.1 Å². The summed E-state index contributed by atoms with van der Waals surface area (Å²) in [5, 5.41) is 0. The van der Waals surface area contributed by atoms with Gasteiger partial charge >= 0.3 is 5.97 Å². The van der Waals surface area contributed by atoms with Crippen molar-refractivity contribution in [3.8, 4) is 0 Å². The van der Waals surface area contributed by atoms with Gasteiger partial charge in [0.1, 0.15) is 6.10 Å². The van der Waals surface area contributed by atoms with E-state index in [1.807, 2.05) is 0 Å². The van der Waals surface area contributed by atoms with Gasteiger partial charge < -0.3 is 4.74 Å². The van der Waals surface area contributed by atoms with Gasteiger partial charge in [0, 0.05) is 11.8 Å². The van der Waals surface area contributed by atoms with Gasteiger partial charge in [0.2, 0.25) is 0 Å². The minimum absolute atomic E-state index is 0.0574. The number of hydrogen-bond donors (Lipinski definition) is 0. The van der Waals surface area contributed by atoms with E-state index in [1.165, 1.54) is 32.1 Å². The van der Waals surface area contributed by atoms with Crippen molar-refractivity contribution in [1.82, 2.24) is 0 Å². The molecule has 2 nitrogen and oxygen atoms in total. The van der Waals surface area contributed by atoms with Crippen molar-refractivity contribution in [2.45, 2.75) is 59.0 Å². The molecule has 0 aromatic rings. The Labute approximate surface area is 104 Å². The van der Waals surface area contributed by atoms with E-state index in [1.54, 1.807) is 0 Å². The second-order valence-corrected chi connectivity index (χ2v) is 6.94. The van der Waals surface area contributed by atoms with Crippen molar-refractivity contribution in [3.05, 3.63) is 0 Å². The number of ether oxygens (including phenoxy) is 1. The summed E-state index contributed by atoms with van der Waals surface area (Å²) < 4.78 is 5.74. The fourth-order valence-corrected chi connectivity index (χ4v) is 4.91. The molecule has 96 valence electrons. The average Bonchev–Trinajstić information content (AvgIpc) is 2.54. The standard InChI is InChI=1S/C15H24O2/c1-9-5-4-7-15(3)8-6-11-10(2)14(16)17-13(11)12(9)15/h9-13H,4-8H2,1-3H3/t9-,10-,11-,12+,13+,15+/m0/s1. The van der Waals surface area contributed by atoms with E-state index < -0.39 is 0 Å². The largest absolute Gasteiger partial charge is 0.462 e. The number of esters is 1. The molecule has 0 spiro atoms. The van der Waals surface area contributed by atoms with Crippen LogP contribution in [0.15, 0.2) is 0 Å². The maximum atomic E-state index is 11.8. The van der Waals surface area contributed by atoms with Gasteiger partial charge in [0.15, 0.2) is 0 Å². The van der Waals surface area contributed by atoms with Crippen molar-refractivity contribution in [1.29, 1.82) is 0 Å². The van der Waals surface area contributed by atoms with Gasteiger partial charge in [-0.05, 0) is 30.6 Å². The smallest absolute Gasteiger partial charge is 0.309 e. The second kappa shape index (κ2) is 3.73. The fourth-order valence-electron chi connectivity index (χ4n) is 4.91. The van der Waals surface area contributed by atoms with Crippen molar-refractivity contribution >= 4 is 5.97 Å². The number of fused-ring (bicyclic) bond motifs is 3. The summed E-state index contributed by atoms with van der Waals surface area (Å²) in [6.07, 6.45) is 6.72. The van der Waals surface area contributed by atoms with E-state index in [9.17, 15) is 4.79 Å². The summed E-state index contributed by atoms with van der Waals surface area (Å²) >= 11 is 0. The minimum Gasteiger partial charge on any atom is -0.462 e. The number of hydrogen-bond acceptors (Lipinski definition) is 2. The first-order valence-corrected chi connectivity index (χ1v) is 7.23. The first kappa shape index (κ1) is 11.6. The summed E-state index contributed by atoms with van der Waals surface area (Å²) in [7, 11) is 0. The van der Waals surface area contributed by atoms with Crippen molar-refractivity contribution in [3.63, 3.8) is 0 Å². The molecule has 1 heterocycles. The highest BCUT2D eigenvalue weighted by atomic mass is 16.6. The summed E-state index contributed by atoms with van der Waals surface area (Å²) in [6, 6.07) is 0. The van der Waals surface area contributed by atoms with Crippen LogP contribution >= 0.6 is 0 Å². The summed E-state index contributed by atoms with van der Waals surface area (Å²) in [5.41, 5.74) is 0.434. The van der Waals surface area contributed by atoms with E-state index in [-0.39, 0.29) is 18.0 Å². The quantitative estimate of drug-likeness (QED) is 0.603. The number of rotatable bonds is 0. The molecule has 0 unspecified atom stereocenters. The highest BCUT2D eigenvalue weighted by Gasteiger charge is 2.56. The Morgan fingerprint density at radius 3 is 2.76 bits per heavy atom. The summed E-state index contributed by atoms with van der Waals surface area (Å²) in [6.45, 7) is 6.85. The van der Waals surface area contributed by atoms with Crippen LogP contribution in [0.4, 0.5) is 0 Å². The van der Waals surface area contributed by atoms with Crippen molar-refractivity contribution in [2.24, 2.45) is 29.1 Å². The van der Waals surface area contributed by atoms with Gasteiger partial charge in [-0.1, -0.05) is 33.6 Å². The Hall–Kier alpha value is -0.530. The molecule has 1 aliphatic heterocycles. The summed E-state index contributed by atoms with van der Waals surface area (Å²) in [5.74, 6) is 2.03. The van der Waals surface area contributed by atoms with E-state index in [0.29, 0.717) is 17.3 Å². The molecule has 17 heavy (non-hydrogen) atoms. The van der Waals surface area contributed by atoms with Crippen molar-refractivity contribution in [2.75, 3.05) is 0 Å². The molecule has 6 atom stereocenters. The topological polar surface area (TPSA) is 26.3 Å². The maximum Gasteiger partial charge on any atom is 0.309 e. The maximum absolute atomic E-state index is 11.8. The third-order valence-electron chi connectivity index (χ3n) is 5.92. The van der Waals surface area contributed by atoms with E-state index in [4.69, 9.17) is 4.74 Å². The third-order valence-corrected chi connectivity index (χ3v) is 5.92. The Morgan fingerprint density at radius 1 is 1.24 bits per heavy atom. The second-order valence-electron chi connectivity index (χ2n) is 6.94. The Kier molecular flexibility index (Phi) is 2.53. The van der Waals surface area contributed by atoms with Crippen LogP contribution in [-0.2, 0) is 9.53 Å². The lowest BCUT2D eigenvalue weighted by Crippen LogP contribution is -2.49. The molecular weight excluding hydrogens is 212 g/mol. The average molecular weight is 236 g/mol. The Morgan fingerprint density at radius 2 is 2.00 bits per heavy atom. The molecule has 3 aliphatic rings. The predicted octanol–water partition coefficient (Wildman–Crippen LogP) is 3.40. The predicted molar refractivity (Wildman–Crippen MR) is 66.4 cm³/mol. The van der Waals surface area contributed by atoms with E-state index >= 15 is 0 Å². The lowest BCUT2D eigenvalue weighted by Gasteiger charge is -2.52. The SMILES string of the molecule is C[C@@H]1C(=O)O[C@@H]2[C@H]1CC[C@@]1(C)CCC[C@H](C)[C@H]21. The lowest BCUT2D eigenvalue weighted by molar-refractivity contribution is -0.152. The molecule has 3 fully saturated rings. The first-order chi connectivity index (χ1) is 8.03. The zero-order chi connectivity index (χ0) is 12.2. The molecule has 0 N–H and O–H groups in total. The molecule has 3 rings (SSSR count). The molecule has 0 aromatic heterocycles. The van der Waals surface area contributed by atoms with Crippen LogP contribution in [0.3, 0.4) is 0 Å². The van der Waals surface area contributed by atoms with Gasteiger partial charge in [-0.25, -0.2) is 0 Å². The molecule has 0 bridgehead atoms. The summed E-state index contributed by atoms with van der Waals surface area (Å²) in [4.78, 5) is 11.8. The Bertz CT molecular complexity index is 338. The Balaban J connectivity index is 1.92. The van der Waals surface area contributed by atoms with E-state index in [2.05, 4.69) is 20.8 Å². The van der Waals surface area contributed by atoms with Crippen LogP contribution in [0.5, 0.6) is 0 Å². The van der Waals surface area contributed by atoms with Crippen molar-refractivity contribution < 1.29 is 9.53 Å². The van der Waals surface area contributed by atoms with Gasteiger partial charge in [-0.15, -0.1) is 0 Å². The molecule has 1 saturated heterocycles. The van der Waals surface area contributed by atoms with Gasteiger partial charge in [0.25, 0.3) is 0 Å². The van der Waals surface area contributed by atoms with Gasteiger partial charge in [0.05, 0.1) is 5.92 Å². The first-order valence-electron chi connectivity index (χ1n) is 7.23. The highest BCUT2D eigenvalue weighted by molar-refractivity contribution is 5.75. The third kappa shape index (κ3) is 1.56. The van der Waals surface area contributed by atoms with Gasteiger partial charge in [-0.3, -0.25) is 4.79 Å². The monoisotopic (exact) mass is 236 g/mol. The molecule has 2 saturated carbocycles. The molecular formula is C15H24O2. The minimum atomic E-state index is 0.0574. The molecule has 0 amide bonds. The molecule has 2 aliphatic carbocycles. The zero-order valence-corrected chi connectivity index (χ0v) is 11.2. The van der Waals surface area contributed by atoms with Crippen LogP contribution in [0.25, 0.3) is 0 Å². The fraction of sp³-hybridized carbons (Fsp3) is 0.933. The highest BCUT2D eigenvalue weighted by Crippen LogP contribution is 2.57. The number of carbonyl (C=O) groups excluding carboxylic acids is 1. The van der Waals surface area contributed by atoms with Crippen LogP contribution in [-0.4, -0.2) is 12.1 Å². The van der Waals surface area contributed by atoms with Crippen LogP contribution in [0.2, 0.25) is 0 Å². The van der Waals surface area contributed by atoms with Crippen LogP contribution in [0.1, 0.15) is 52.9 Å². The normalized spacial score (nSPS) is 53.8. The molecule has 2 heteroatoms. The van der Waals surface area contributed by atoms with Crippen LogP contribution < -0.4 is 0 Å². The zero-order valence-electron chi connectivity index (χ0n) is 11.2. The van der Waals surface area contributed by atoms with E-state index in [0.717, 1.165) is 5.92 Å². The number of carbonyl (C=O) groups is 1. The molecule has 0 radical (unpaired) electrons.